The van der Waals surface area contributed by atoms with Gasteiger partial charge in [0.15, 0.2) is 0 Å². The fourth-order valence-corrected chi connectivity index (χ4v) is 2.81. The zero-order chi connectivity index (χ0) is 19.2. The lowest BCUT2D eigenvalue weighted by molar-refractivity contribution is -0.134. The van der Waals surface area contributed by atoms with Gasteiger partial charge in [0.25, 0.3) is 5.91 Å². The lowest BCUT2D eigenvalue weighted by Crippen LogP contribution is -2.43. The lowest BCUT2D eigenvalue weighted by atomic mass is 10.0. The van der Waals surface area contributed by atoms with E-state index in [1.807, 2.05) is 12.1 Å². The zero-order valence-corrected chi connectivity index (χ0v) is 15.7. The number of amides is 2. The maximum Gasteiger partial charge on any atom is 0.265 e. The number of phenols is 1. The Morgan fingerprint density at radius 1 is 0.923 bits per heavy atom. The summed E-state index contributed by atoms with van der Waals surface area (Å²) in [5.41, 5.74) is 2.79. The summed E-state index contributed by atoms with van der Waals surface area (Å²) < 4.78 is 0. The van der Waals surface area contributed by atoms with E-state index in [-0.39, 0.29) is 5.91 Å². The van der Waals surface area contributed by atoms with Crippen LogP contribution in [0.1, 0.15) is 70.3 Å². The van der Waals surface area contributed by atoms with E-state index in [0.29, 0.717) is 12.2 Å². The Kier molecular flexibility index (Phi) is 11.1. The molecule has 0 aromatic heterocycles. The maximum atomic E-state index is 11.6. The summed E-state index contributed by atoms with van der Waals surface area (Å²) in [6.07, 6.45) is 10.4. The number of hydrogen-bond acceptors (Lipinski definition) is 4. The van der Waals surface area contributed by atoms with Crippen LogP contribution < -0.4 is 10.8 Å². The van der Waals surface area contributed by atoms with E-state index in [4.69, 9.17) is 5.21 Å². The van der Waals surface area contributed by atoms with E-state index in [1.54, 1.807) is 12.1 Å². The highest BCUT2D eigenvalue weighted by Crippen LogP contribution is 2.14. The first-order chi connectivity index (χ1) is 12.5. The molecule has 0 heterocycles. The van der Waals surface area contributed by atoms with Crippen molar-refractivity contribution in [1.82, 2.24) is 10.8 Å². The van der Waals surface area contributed by atoms with Crippen molar-refractivity contribution in [2.75, 3.05) is 0 Å². The maximum absolute atomic E-state index is 11.6. The van der Waals surface area contributed by atoms with Crippen molar-refractivity contribution in [2.45, 2.75) is 77.2 Å². The molecule has 26 heavy (non-hydrogen) atoms. The number of aryl methyl sites for hydroxylation is 1. The number of rotatable bonds is 13. The predicted octanol–water partition coefficient (Wildman–Crippen LogP) is 3.46. The third kappa shape index (κ3) is 10.0. The van der Waals surface area contributed by atoms with Crippen molar-refractivity contribution in [1.29, 1.82) is 0 Å². The van der Waals surface area contributed by atoms with Crippen LogP contribution in [0.2, 0.25) is 0 Å². The number of phenolic OH excluding ortho intramolecular Hbond substituents is 1. The second-order valence-electron chi connectivity index (χ2n) is 6.76. The molecule has 2 amide bonds. The molecular formula is C20H32N2O4. The predicted molar refractivity (Wildman–Crippen MR) is 101 cm³/mol. The summed E-state index contributed by atoms with van der Waals surface area (Å²) >= 11 is 0. The normalized spacial score (nSPS) is 11.8. The van der Waals surface area contributed by atoms with Crippen molar-refractivity contribution in [3.8, 4) is 5.75 Å². The molecule has 0 aliphatic carbocycles. The van der Waals surface area contributed by atoms with Gasteiger partial charge in [-0.1, -0.05) is 50.7 Å². The molecule has 0 saturated carbocycles. The lowest BCUT2D eigenvalue weighted by Gasteiger charge is -2.11. The molecule has 1 rings (SSSR count). The van der Waals surface area contributed by atoms with Crippen LogP contribution in [0, 0.1) is 0 Å². The van der Waals surface area contributed by atoms with Gasteiger partial charge in [-0.25, -0.2) is 5.48 Å². The molecule has 4 N–H and O–H groups in total. The molecule has 0 bridgehead atoms. The molecule has 0 saturated heterocycles. The standard InChI is InChI=1S/C20H32N2O4/c1-16(20(25)22-26)21-19(24)11-9-7-5-3-2-4-6-8-10-17-12-14-18(23)15-13-17/h12-16,23,26H,2-11H2,1H3,(H,21,24)(H,22,25)/t16-/m1/s1. The average molecular weight is 364 g/mol. The molecule has 0 fully saturated rings. The first kappa shape index (κ1) is 22.0. The summed E-state index contributed by atoms with van der Waals surface area (Å²) in [5, 5.41) is 20.3. The SMILES string of the molecule is C[C@@H](NC(=O)CCCCCCCCCCc1ccc(O)cc1)C(=O)NO. The van der Waals surface area contributed by atoms with Crippen LogP contribution in [0.4, 0.5) is 0 Å². The molecule has 1 atom stereocenters. The first-order valence-electron chi connectivity index (χ1n) is 9.54. The van der Waals surface area contributed by atoms with Gasteiger partial charge in [-0.05, 0) is 43.9 Å². The molecule has 146 valence electrons. The van der Waals surface area contributed by atoms with Gasteiger partial charge in [-0.2, -0.15) is 0 Å². The molecule has 6 nitrogen and oxygen atoms in total. The number of carbonyl (C=O) groups is 2. The van der Waals surface area contributed by atoms with E-state index < -0.39 is 11.9 Å². The van der Waals surface area contributed by atoms with E-state index >= 15 is 0 Å². The van der Waals surface area contributed by atoms with Gasteiger partial charge in [-0.3, -0.25) is 14.8 Å². The van der Waals surface area contributed by atoms with Crippen LogP contribution in [-0.4, -0.2) is 28.2 Å². The van der Waals surface area contributed by atoms with Crippen molar-refractivity contribution in [3.05, 3.63) is 29.8 Å². The highest BCUT2D eigenvalue weighted by atomic mass is 16.5. The van der Waals surface area contributed by atoms with Crippen LogP contribution in [0.15, 0.2) is 24.3 Å². The number of hydroxylamine groups is 1. The second-order valence-corrected chi connectivity index (χ2v) is 6.76. The fourth-order valence-electron chi connectivity index (χ4n) is 2.81. The Bertz CT molecular complexity index is 531. The third-order valence-corrected chi connectivity index (χ3v) is 4.44. The smallest absolute Gasteiger partial charge is 0.265 e. The van der Waals surface area contributed by atoms with E-state index in [2.05, 4.69) is 5.32 Å². The van der Waals surface area contributed by atoms with Crippen LogP contribution in [-0.2, 0) is 16.0 Å². The number of benzene rings is 1. The van der Waals surface area contributed by atoms with Crippen LogP contribution in [0.5, 0.6) is 5.75 Å². The molecule has 1 aromatic carbocycles. The topological polar surface area (TPSA) is 98.7 Å². The van der Waals surface area contributed by atoms with Crippen molar-refractivity contribution in [2.24, 2.45) is 0 Å². The van der Waals surface area contributed by atoms with E-state index in [1.165, 1.54) is 50.1 Å². The van der Waals surface area contributed by atoms with E-state index in [9.17, 15) is 14.7 Å². The molecule has 0 spiro atoms. The highest BCUT2D eigenvalue weighted by molar-refractivity contribution is 5.86. The summed E-state index contributed by atoms with van der Waals surface area (Å²) in [6.45, 7) is 1.53. The van der Waals surface area contributed by atoms with Gasteiger partial charge < -0.3 is 10.4 Å². The minimum atomic E-state index is -0.714. The number of unbranched alkanes of at least 4 members (excludes halogenated alkanes) is 7. The molecule has 0 unspecified atom stereocenters. The van der Waals surface area contributed by atoms with E-state index in [0.717, 1.165) is 25.7 Å². The van der Waals surface area contributed by atoms with Crippen LogP contribution in [0.3, 0.4) is 0 Å². The monoisotopic (exact) mass is 364 g/mol. The molecular weight excluding hydrogens is 332 g/mol. The quantitative estimate of drug-likeness (QED) is 0.245. The number of hydrogen-bond donors (Lipinski definition) is 4. The largest absolute Gasteiger partial charge is 0.508 e. The Hall–Kier alpha value is -2.08. The summed E-state index contributed by atoms with van der Waals surface area (Å²) in [7, 11) is 0. The number of aromatic hydroxyl groups is 1. The highest BCUT2D eigenvalue weighted by Gasteiger charge is 2.13. The number of carbonyl (C=O) groups excluding carboxylic acids is 2. The fraction of sp³-hybridized carbons (Fsp3) is 0.600. The molecule has 1 aromatic rings. The average Bonchev–Trinajstić information content (AvgIpc) is 2.63. The van der Waals surface area contributed by atoms with Crippen molar-refractivity contribution in [3.63, 3.8) is 0 Å². The Morgan fingerprint density at radius 3 is 2.04 bits per heavy atom. The summed E-state index contributed by atoms with van der Waals surface area (Å²) in [4.78, 5) is 22.7. The summed E-state index contributed by atoms with van der Waals surface area (Å²) in [5.74, 6) is -0.449. The van der Waals surface area contributed by atoms with Crippen LogP contribution >= 0.6 is 0 Å². The second kappa shape index (κ2) is 13.2. The van der Waals surface area contributed by atoms with Gasteiger partial charge in [0, 0.05) is 6.42 Å². The zero-order valence-electron chi connectivity index (χ0n) is 15.7. The van der Waals surface area contributed by atoms with Crippen molar-refractivity contribution < 1.29 is 19.9 Å². The van der Waals surface area contributed by atoms with Gasteiger partial charge >= 0.3 is 0 Å². The Balaban J connectivity index is 1.90. The van der Waals surface area contributed by atoms with Gasteiger partial charge in [0.2, 0.25) is 5.91 Å². The molecule has 0 aliphatic rings. The van der Waals surface area contributed by atoms with Gasteiger partial charge in [0.05, 0.1) is 0 Å². The van der Waals surface area contributed by atoms with Crippen molar-refractivity contribution >= 4 is 11.8 Å². The molecule has 6 heteroatoms. The van der Waals surface area contributed by atoms with Gasteiger partial charge in [0.1, 0.15) is 11.8 Å². The minimum absolute atomic E-state index is 0.157. The summed E-state index contributed by atoms with van der Waals surface area (Å²) in [6, 6.07) is 6.70. The molecule has 0 aliphatic heterocycles. The van der Waals surface area contributed by atoms with Gasteiger partial charge in [-0.15, -0.1) is 0 Å². The third-order valence-electron chi connectivity index (χ3n) is 4.44. The number of nitrogens with one attached hydrogen (secondary N) is 2. The molecule has 0 radical (unpaired) electrons. The first-order valence-corrected chi connectivity index (χ1v) is 9.54. The Labute approximate surface area is 156 Å². The minimum Gasteiger partial charge on any atom is -0.508 e. The Morgan fingerprint density at radius 2 is 1.46 bits per heavy atom. The van der Waals surface area contributed by atoms with Crippen LogP contribution in [0.25, 0.3) is 0 Å².